The van der Waals surface area contributed by atoms with Crippen molar-refractivity contribution in [3.8, 4) is 10.6 Å². The third-order valence-corrected chi connectivity index (χ3v) is 3.91. The van der Waals surface area contributed by atoms with Crippen molar-refractivity contribution in [2.75, 3.05) is 11.9 Å². The summed E-state index contributed by atoms with van der Waals surface area (Å²) in [7, 11) is 0. The minimum Gasteiger partial charge on any atom is -0.369 e. The van der Waals surface area contributed by atoms with Gasteiger partial charge in [-0.1, -0.05) is 11.6 Å². The molecule has 3 nitrogen and oxygen atoms in total. The van der Waals surface area contributed by atoms with E-state index in [9.17, 15) is 0 Å². The first-order chi connectivity index (χ1) is 8.13. The number of nitrogens with one attached hydrogen (secondary N) is 1. The van der Waals surface area contributed by atoms with Crippen molar-refractivity contribution in [3.63, 3.8) is 0 Å². The summed E-state index contributed by atoms with van der Waals surface area (Å²) in [5, 5.41) is 11.7. The van der Waals surface area contributed by atoms with Crippen LogP contribution in [-0.2, 0) is 0 Å². The minimum atomic E-state index is 0.773. The first-order valence-electron chi connectivity index (χ1n) is 5.47. The molecule has 0 aliphatic carbocycles. The van der Waals surface area contributed by atoms with Gasteiger partial charge in [-0.15, -0.1) is 21.5 Å². The molecule has 0 saturated heterocycles. The quantitative estimate of drug-likeness (QED) is 0.916. The van der Waals surface area contributed by atoms with Crippen LogP contribution in [0.5, 0.6) is 0 Å². The molecule has 2 aromatic heterocycles. The van der Waals surface area contributed by atoms with Crippen LogP contribution in [-0.4, -0.2) is 16.7 Å². The van der Waals surface area contributed by atoms with Crippen LogP contribution < -0.4 is 5.32 Å². The standard InChI is InChI=1S/C12H14ClN3S/c1-4-14-12-8(3)7(2)11(15-16-12)9-5-6-10(13)17-9/h5-6H,4H2,1-3H3,(H,14,16). The Kier molecular flexibility index (Phi) is 3.64. The van der Waals surface area contributed by atoms with Crippen molar-refractivity contribution < 1.29 is 0 Å². The van der Waals surface area contributed by atoms with E-state index in [1.165, 1.54) is 11.3 Å². The SMILES string of the molecule is CCNc1nnc(-c2ccc(Cl)s2)c(C)c1C. The first-order valence-corrected chi connectivity index (χ1v) is 6.66. The molecule has 0 aromatic carbocycles. The van der Waals surface area contributed by atoms with E-state index in [1.54, 1.807) is 0 Å². The number of halogens is 1. The van der Waals surface area contributed by atoms with Gasteiger partial charge in [0, 0.05) is 6.54 Å². The van der Waals surface area contributed by atoms with E-state index < -0.39 is 0 Å². The first kappa shape index (κ1) is 12.3. The van der Waals surface area contributed by atoms with Gasteiger partial charge in [-0.05, 0) is 44.0 Å². The predicted molar refractivity (Wildman–Crippen MR) is 74.0 cm³/mol. The normalized spacial score (nSPS) is 10.6. The van der Waals surface area contributed by atoms with E-state index in [-0.39, 0.29) is 0 Å². The average Bonchev–Trinajstić information content (AvgIpc) is 2.72. The van der Waals surface area contributed by atoms with Gasteiger partial charge in [0.25, 0.3) is 0 Å². The fraction of sp³-hybridized carbons (Fsp3) is 0.333. The van der Waals surface area contributed by atoms with Crippen molar-refractivity contribution in [1.82, 2.24) is 10.2 Å². The van der Waals surface area contributed by atoms with Gasteiger partial charge in [-0.3, -0.25) is 0 Å². The summed E-state index contributed by atoms with van der Waals surface area (Å²) in [6.45, 7) is 7.01. The Bertz CT molecular complexity index is 537. The Morgan fingerprint density at radius 1 is 1.24 bits per heavy atom. The van der Waals surface area contributed by atoms with Gasteiger partial charge >= 0.3 is 0 Å². The Morgan fingerprint density at radius 2 is 2.00 bits per heavy atom. The van der Waals surface area contributed by atoms with Crippen molar-refractivity contribution in [2.24, 2.45) is 0 Å². The van der Waals surface area contributed by atoms with E-state index >= 15 is 0 Å². The van der Waals surface area contributed by atoms with Gasteiger partial charge in [0.1, 0.15) is 5.69 Å². The second-order valence-electron chi connectivity index (χ2n) is 3.78. The molecule has 17 heavy (non-hydrogen) atoms. The highest BCUT2D eigenvalue weighted by Crippen LogP contribution is 2.33. The second kappa shape index (κ2) is 5.02. The summed E-state index contributed by atoms with van der Waals surface area (Å²) in [5.41, 5.74) is 3.21. The van der Waals surface area contributed by atoms with Gasteiger partial charge in [0.15, 0.2) is 5.82 Å². The molecule has 0 amide bonds. The van der Waals surface area contributed by atoms with Crippen molar-refractivity contribution in [2.45, 2.75) is 20.8 Å². The molecular weight excluding hydrogens is 254 g/mol. The Morgan fingerprint density at radius 3 is 2.59 bits per heavy atom. The van der Waals surface area contributed by atoms with E-state index in [1.807, 2.05) is 19.1 Å². The molecule has 0 radical (unpaired) electrons. The Balaban J connectivity index is 2.47. The lowest BCUT2D eigenvalue weighted by molar-refractivity contribution is 0.989. The number of nitrogens with zero attached hydrogens (tertiary/aromatic N) is 2. The zero-order chi connectivity index (χ0) is 12.4. The minimum absolute atomic E-state index is 0.773. The number of rotatable bonds is 3. The monoisotopic (exact) mass is 267 g/mol. The topological polar surface area (TPSA) is 37.8 Å². The molecule has 0 atom stereocenters. The van der Waals surface area contributed by atoms with Crippen LogP contribution in [0.1, 0.15) is 18.1 Å². The van der Waals surface area contributed by atoms with Crippen LogP contribution in [0, 0.1) is 13.8 Å². The molecule has 0 fully saturated rings. The zero-order valence-corrected chi connectivity index (χ0v) is 11.6. The summed E-state index contributed by atoms with van der Waals surface area (Å²) < 4.78 is 0.773. The highest BCUT2D eigenvalue weighted by atomic mass is 35.5. The van der Waals surface area contributed by atoms with Crippen LogP contribution in [0.15, 0.2) is 12.1 Å². The van der Waals surface area contributed by atoms with Gasteiger partial charge in [0.05, 0.1) is 9.21 Å². The molecule has 0 saturated carbocycles. The van der Waals surface area contributed by atoms with E-state index in [0.29, 0.717) is 0 Å². The van der Waals surface area contributed by atoms with E-state index in [2.05, 4.69) is 29.4 Å². The third-order valence-electron chi connectivity index (χ3n) is 2.67. The summed E-state index contributed by atoms with van der Waals surface area (Å²) >= 11 is 7.47. The fourth-order valence-corrected chi connectivity index (χ4v) is 2.70. The highest BCUT2D eigenvalue weighted by molar-refractivity contribution is 7.19. The number of hydrogen-bond donors (Lipinski definition) is 1. The second-order valence-corrected chi connectivity index (χ2v) is 5.50. The number of thiophene rings is 1. The summed E-state index contributed by atoms with van der Waals surface area (Å²) in [6.07, 6.45) is 0. The maximum atomic E-state index is 5.94. The van der Waals surface area contributed by atoms with Gasteiger partial charge in [0.2, 0.25) is 0 Å². The Hall–Kier alpha value is -1.13. The third kappa shape index (κ3) is 2.42. The lowest BCUT2D eigenvalue weighted by Crippen LogP contribution is -2.05. The summed E-state index contributed by atoms with van der Waals surface area (Å²) in [5.74, 6) is 0.858. The smallest absolute Gasteiger partial charge is 0.151 e. The molecule has 0 bridgehead atoms. The molecular formula is C12H14ClN3S. The summed E-state index contributed by atoms with van der Waals surface area (Å²) in [6, 6.07) is 3.87. The molecule has 2 heterocycles. The van der Waals surface area contributed by atoms with Crippen LogP contribution in [0.25, 0.3) is 10.6 Å². The largest absolute Gasteiger partial charge is 0.369 e. The Labute approximate surface area is 110 Å². The average molecular weight is 268 g/mol. The number of aromatic nitrogens is 2. The van der Waals surface area contributed by atoms with Crippen LogP contribution in [0.2, 0.25) is 4.34 Å². The van der Waals surface area contributed by atoms with Crippen molar-refractivity contribution in [3.05, 3.63) is 27.6 Å². The summed E-state index contributed by atoms with van der Waals surface area (Å²) in [4.78, 5) is 1.06. The van der Waals surface area contributed by atoms with E-state index in [0.717, 1.165) is 38.4 Å². The molecule has 0 aliphatic rings. The molecule has 2 rings (SSSR count). The number of anilines is 1. The lowest BCUT2D eigenvalue weighted by atomic mass is 10.1. The maximum absolute atomic E-state index is 5.94. The number of hydrogen-bond acceptors (Lipinski definition) is 4. The van der Waals surface area contributed by atoms with Gasteiger partial charge in [-0.2, -0.15) is 0 Å². The van der Waals surface area contributed by atoms with Crippen molar-refractivity contribution in [1.29, 1.82) is 0 Å². The zero-order valence-electron chi connectivity index (χ0n) is 10.0. The molecule has 90 valence electrons. The molecule has 5 heteroatoms. The molecule has 2 aromatic rings. The van der Waals surface area contributed by atoms with Crippen LogP contribution >= 0.6 is 22.9 Å². The molecule has 0 spiro atoms. The van der Waals surface area contributed by atoms with Gasteiger partial charge < -0.3 is 5.32 Å². The van der Waals surface area contributed by atoms with Crippen LogP contribution in [0.4, 0.5) is 5.82 Å². The van der Waals surface area contributed by atoms with Crippen LogP contribution in [0.3, 0.4) is 0 Å². The van der Waals surface area contributed by atoms with Crippen molar-refractivity contribution >= 4 is 28.8 Å². The fourth-order valence-electron chi connectivity index (χ4n) is 1.62. The molecule has 1 N–H and O–H groups in total. The molecule has 0 aliphatic heterocycles. The molecule has 0 unspecified atom stereocenters. The van der Waals surface area contributed by atoms with E-state index in [4.69, 9.17) is 11.6 Å². The lowest BCUT2D eigenvalue weighted by Gasteiger charge is -2.10. The van der Waals surface area contributed by atoms with Gasteiger partial charge in [-0.25, -0.2) is 0 Å². The predicted octanol–water partition coefficient (Wildman–Crippen LogP) is 3.91. The highest BCUT2D eigenvalue weighted by Gasteiger charge is 2.12. The maximum Gasteiger partial charge on any atom is 0.151 e.